The highest BCUT2D eigenvalue weighted by Gasteiger charge is 2.34. The fraction of sp³-hybridized carbons (Fsp3) is 0.389. The topological polar surface area (TPSA) is 139 Å². The van der Waals surface area contributed by atoms with Gasteiger partial charge in [0.1, 0.15) is 10.6 Å². The van der Waals surface area contributed by atoms with Crippen molar-refractivity contribution in [3.05, 3.63) is 35.7 Å². The number of hydrogen-bond acceptors (Lipinski definition) is 9. The zero-order valence-electron chi connectivity index (χ0n) is 17.7. The minimum Gasteiger partial charge on any atom is -0.360 e. The van der Waals surface area contributed by atoms with Gasteiger partial charge in [-0.2, -0.15) is 8.99 Å². The van der Waals surface area contributed by atoms with Crippen LogP contribution in [-0.2, 0) is 10.0 Å². The molecule has 32 heavy (non-hydrogen) atoms. The lowest BCUT2D eigenvalue weighted by atomic mass is 10.3. The van der Waals surface area contributed by atoms with Gasteiger partial charge in [-0.05, 0) is 48.7 Å². The van der Waals surface area contributed by atoms with Gasteiger partial charge in [-0.15, -0.1) is 5.10 Å². The van der Waals surface area contributed by atoms with Crippen LogP contribution in [0.5, 0.6) is 0 Å². The number of nitrogens with zero attached hydrogens (tertiary/aromatic N) is 7. The Morgan fingerprint density at radius 3 is 2.59 bits per heavy atom. The Morgan fingerprint density at radius 1 is 1.19 bits per heavy atom. The highest BCUT2D eigenvalue weighted by molar-refractivity contribution is 7.98. The van der Waals surface area contributed by atoms with Crippen LogP contribution >= 0.6 is 11.8 Å². The Hall–Kier alpha value is -2.97. The van der Waals surface area contributed by atoms with Crippen LogP contribution in [0.2, 0.25) is 0 Å². The van der Waals surface area contributed by atoms with Crippen LogP contribution in [0.15, 0.2) is 38.8 Å². The van der Waals surface area contributed by atoms with Gasteiger partial charge in [-0.1, -0.05) is 23.0 Å². The number of tetrazole rings is 1. The van der Waals surface area contributed by atoms with E-state index >= 15 is 0 Å². The lowest BCUT2D eigenvalue weighted by Gasteiger charge is -2.33. The Labute approximate surface area is 189 Å². The predicted octanol–water partition coefficient (Wildman–Crippen LogP) is 1.53. The molecule has 1 fully saturated rings. The van der Waals surface area contributed by atoms with Gasteiger partial charge in [-0.25, -0.2) is 13.2 Å². The summed E-state index contributed by atoms with van der Waals surface area (Å²) < 4.78 is 33.8. The molecule has 1 saturated heterocycles. The number of rotatable bonds is 5. The van der Waals surface area contributed by atoms with Crippen LogP contribution in [0, 0.1) is 13.8 Å². The number of thioether (sulfide) groups is 1. The molecule has 1 aliphatic rings. The third-order valence-corrected chi connectivity index (χ3v) is 7.82. The van der Waals surface area contributed by atoms with Crippen LogP contribution in [0.3, 0.4) is 0 Å². The number of urea groups is 1. The first-order valence-corrected chi connectivity index (χ1v) is 12.4. The van der Waals surface area contributed by atoms with Gasteiger partial charge < -0.3 is 14.7 Å². The van der Waals surface area contributed by atoms with Gasteiger partial charge in [0, 0.05) is 31.9 Å². The van der Waals surface area contributed by atoms with Gasteiger partial charge in [0.25, 0.3) is 0 Å². The summed E-state index contributed by atoms with van der Waals surface area (Å²) >= 11 is 1.41. The van der Waals surface area contributed by atoms with Crippen molar-refractivity contribution < 1.29 is 17.7 Å². The van der Waals surface area contributed by atoms with Gasteiger partial charge >= 0.3 is 6.03 Å². The number of amides is 2. The number of aryl methyl sites for hydroxylation is 2. The van der Waals surface area contributed by atoms with E-state index in [1.54, 1.807) is 41.6 Å². The van der Waals surface area contributed by atoms with E-state index in [2.05, 4.69) is 26.0 Å². The van der Waals surface area contributed by atoms with Crippen LogP contribution < -0.4 is 5.32 Å². The lowest BCUT2D eigenvalue weighted by Crippen LogP contribution is -2.51. The summed E-state index contributed by atoms with van der Waals surface area (Å²) in [7, 11) is -3.73. The second-order valence-corrected chi connectivity index (χ2v) is 9.75. The molecule has 3 heterocycles. The Balaban J connectivity index is 1.41. The molecule has 12 nitrogen and oxygen atoms in total. The summed E-state index contributed by atoms with van der Waals surface area (Å²) in [5.74, 6) is 0.259. The first kappa shape index (κ1) is 22.2. The van der Waals surface area contributed by atoms with Crippen molar-refractivity contribution in [3.63, 3.8) is 0 Å². The Bertz CT molecular complexity index is 1210. The van der Waals surface area contributed by atoms with Crippen molar-refractivity contribution in [3.8, 4) is 5.69 Å². The molecule has 0 bridgehead atoms. The van der Waals surface area contributed by atoms with Crippen molar-refractivity contribution in [1.82, 2.24) is 34.6 Å². The van der Waals surface area contributed by atoms with Gasteiger partial charge in [-0.3, -0.25) is 0 Å². The molecule has 0 spiro atoms. The number of carbonyl (C=O) groups excluding carboxylic acids is 1. The van der Waals surface area contributed by atoms with Crippen molar-refractivity contribution in [2.75, 3.05) is 37.8 Å². The van der Waals surface area contributed by atoms with Crippen molar-refractivity contribution in [2.24, 2.45) is 0 Å². The Morgan fingerprint density at radius 2 is 1.94 bits per heavy atom. The van der Waals surface area contributed by atoms with E-state index in [0.717, 1.165) is 0 Å². The summed E-state index contributed by atoms with van der Waals surface area (Å²) in [5.41, 5.74) is 1.63. The molecular formula is C18H22N8O4S2. The number of carbonyl (C=O) groups is 1. The van der Waals surface area contributed by atoms with E-state index in [1.165, 1.54) is 16.1 Å². The minimum absolute atomic E-state index is 0.0967. The van der Waals surface area contributed by atoms with E-state index < -0.39 is 10.0 Å². The molecule has 0 atom stereocenters. The average molecular weight is 479 g/mol. The number of sulfonamides is 1. The molecule has 0 radical (unpaired) electrons. The Kier molecular flexibility index (Phi) is 6.17. The van der Waals surface area contributed by atoms with E-state index in [-0.39, 0.29) is 42.9 Å². The van der Waals surface area contributed by atoms with Crippen LogP contribution in [0.1, 0.15) is 11.5 Å². The molecular weight excluding hydrogens is 456 g/mol. The van der Waals surface area contributed by atoms with E-state index in [0.29, 0.717) is 22.2 Å². The maximum absolute atomic E-state index is 12.9. The highest BCUT2D eigenvalue weighted by atomic mass is 32.2. The minimum atomic E-state index is -3.73. The summed E-state index contributed by atoms with van der Waals surface area (Å²) in [6, 6.07) is 6.86. The summed E-state index contributed by atoms with van der Waals surface area (Å²) in [6.07, 6.45) is 1.87. The first-order chi connectivity index (χ1) is 15.3. The predicted molar refractivity (Wildman–Crippen MR) is 116 cm³/mol. The molecule has 2 aromatic heterocycles. The molecule has 3 aromatic rings. The molecule has 1 aliphatic heterocycles. The number of piperazine rings is 1. The van der Waals surface area contributed by atoms with E-state index in [9.17, 15) is 13.2 Å². The normalized spacial score (nSPS) is 15.2. The number of anilines is 1. The van der Waals surface area contributed by atoms with Crippen molar-refractivity contribution in [2.45, 2.75) is 23.9 Å². The van der Waals surface area contributed by atoms with Crippen molar-refractivity contribution >= 4 is 33.5 Å². The molecule has 4 rings (SSSR count). The molecule has 0 saturated carbocycles. The molecule has 14 heteroatoms. The lowest BCUT2D eigenvalue weighted by molar-refractivity contribution is 0.184. The molecule has 170 valence electrons. The van der Waals surface area contributed by atoms with E-state index in [1.807, 2.05) is 12.3 Å². The number of aromatic nitrogens is 5. The largest absolute Gasteiger partial charge is 0.360 e. The molecule has 0 aliphatic carbocycles. The number of hydrogen-bond donors (Lipinski definition) is 1. The third kappa shape index (κ3) is 4.20. The molecule has 1 N–H and O–H groups in total. The zero-order chi connectivity index (χ0) is 22.9. The maximum atomic E-state index is 12.9. The highest BCUT2D eigenvalue weighted by Crippen LogP contribution is 2.24. The van der Waals surface area contributed by atoms with Gasteiger partial charge in [0.15, 0.2) is 5.76 Å². The third-order valence-electron chi connectivity index (χ3n) is 5.06. The fourth-order valence-corrected chi connectivity index (χ4v) is 5.64. The van der Waals surface area contributed by atoms with Crippen LogP contribution in [-0.4, -0.2) is 81.5 Å². The quantitative estimate of drug-likeness (QED) is 0.541. The molecule has 2 amide bonds. The summed E-state index contributed by atoms with van der Waals surface area (Å²) in [6.45, 7) is 4.06. The number of nitrogens with one attached hydrogen (secondary N) is 1. The van der Waals surface area contributed by atoms with Crippen LogP contribution in [0.4, 0.5) is 10.5 Å². The smallest absolute Gasteiger partial charge is 0.321 e. The first-order valence-electron chi connectivity index (χ1n) is 9.73. The van der Waals surface area contributed by atoms with Crippen LogP contribution in [0.25, 0.3) is 5.69 Å². The summed E-state index contributed by atoms with van der Waals surface area (Å²) in [4.78, 5) is 14.4. The van der Waals surface area contributed by atoms with E-state index in [4.69, 9.17) is 4.52 Å². The standard InChI is InChI=1S/C18H22N8O4S2/c1-12-16(13(2)30-21-12)32(28,29)25-9-7-24(8-10-25)17(27)19-14-5-4-6-15(11-14)26-18(31-3)20-22-23-26/h4-6,11H,7-10H2,1-3H3,(H,19,27). The second kappa shape index (κ2) is 8.88. The fourth-order valence-electron chi connectivity index (χ4n) is 3.49. The zero-order valence-corrected chi connectivity index (χ0v) is 19.4. The summed E-state index contributed by atoms with van der Waals surface area (Å²) in [5, 5.41) is 18.8. The number of benzene rings is 1. The van der Waals surface area contributed by atoms with Crippen molar-refractivity contribution in [1.29, 1.82) is 0 Å². The SMILES string of the molecule is CSc1nnnn1-c1cccc(NC(=O)N2CCN(S(=O)(=O)c3c(C)noc3C)CC2)c1. The monoisotopic (exact) mass is 478 g/mol. The van der Waals surface area contributed by atoms with Gasteiger partial charge in [0.05, 0.1) is 5.69 Å². The second-order valence-electron chi connectivity index (χ2n) is 7.10. The molecule has 0 unspecified atom stereocenters. The maximum Gasteiger partial charge on any atom is 0.321 e. The van der Waals surface area contributed by atoms with Gasteiger partial charge in [0.2, 0.25) is 15.2 Å². The average Bonchev–Trinajstić information content (AvgIpc) is 3.40. The molecule has 1 aromatic carbocycles.